The Bertz CT molecular complexity index is 1280. The average Bonchev–Trinajstić information content (AvgIpc) is 3.80. The molecule has 0 aromatic heterocycles. The fraction of sp³-hybridized carbons (Fsp3) is 0.571. The van der Waals surface area contributed by atoms with Crippen molar-refractivity contribution in [1.29, 1.82) is 0 Å². The van der Waals surface area contributed by atoms with Crippen molar-refractivity contribution in [2.75, 3.05) is 41.5 Å². The van der Waals surface area contributed by atoms with Crippen LogP contribution in [-0.2, 0) is 27.5 Å². The SMILES string of the molecule is CCC(NC(=O)C1(CCC(=O)NCc2ccc(OCCN(C)C)cc2)C[C@H]1C(C)C)C(O)C(=O)NCc1cc(OC)cc(OC)c1. The van der Waals surface area contributed by atoms with Crippen molar-refractivity contribution < 1.29 is 33.7 Å². The number of hydrogen-bond donors (Lipinski definition) is 4. The molecule has 0 heterocycles. The number of rotatable bonds is 19. The summed E-state index contributed by atoms with van der Waals surface area (Å²) in [6.07, 6.45) is 0.169. The second kappa shape index (κ2) is 17.2. The highest BCUT2D eigenvalue weighted by molar-refractivity contribution is 5.88. The Balaban J connectivity index is 1.53. The Morgan fingerprint density at radius 1 is 0.957 bits per heavy atom. The molecule has 1 saturated carbocycles. The second-order valence-corrected chi connectivity index (χ2v) is 12.7. The molecule has 3 amide bonds. The molecule has 3 unspecified atom stereocenters. The zero-order chi connectivity index (χ0) is 33.9. The molecule has 11 nitrogen and oxygen atoms in total. The molecular formula is C35H52N4O7. The highest BCUT2D eigenvalue weighted by Crippen LogP contribution is 2.59. The van der Waals surface area contributed by atoms with E-state index in [-0.39, 0.29) is 36.6 Å². The lowest BCUT2D eigenvalue weighted by Crippen LogP contribution is -2.52. The van der Waals surface area contributed by atoms with Gasteiger partial charge >= 0.3 is 0 Å². The van der Waals surface area contributed by atoms with Crippen LogP contribution in [0.25, 0.3) is 0 Å². The first-order valence-electron chi connectivity index (χ1n) is 16.0. The molecule has 0 aliphatic heterocycles. The van der Waals surface area contributed by atoms with E-state index >= 15 is 0 Å². The normalized spacial score (nSPS) is 18.4. The fourth-order valence-electron chi connectivity index (χ4n) is 5.71. The first kappa shape index (κ1) is 36.6. The Hall–Kier alpha value is -3.83. The van der Waals surface area contributed by atoms with Crippen molar-refractivity contribution in [2.45, 2.75) is 71.7 Å². The number of methoxy groups -OCH3 is 2. The van der Waals surface area contributed by atoms with Crippen LogP contribution in [0.15, 0.2) is 42.5 Å². The summed E-state index contributed by atoms with van der Waals surface area (Å²) in [6, 6.07) is 12.1. The van der Waals surface area contributed by atoms with E-state index in [0.717, 1.165) is 23.4 Å². The predicted octanol–water partition coefficient (Wildman–Crippen LogP) is 3.28. The Morgan fingerprint density at radius 3 is 2.13 bits per heavy atom. The molecule has 4 atom stereocenters. The molecule has 0 spiro atoms. The van der Waals surface area contributed by atoms with Crippen LogP contribution in [0.2, 0.25) is 0 Å². The number of amides is 3. The Morgan fingerprint density at radius 2 is 1.59 bits per heavy atom. The molecule has 0 radical (unpaired) electrons. The molecule has 2 aromatic rings. The lowest BCUT2D eigenvalue weighted by molar-refractivity contribution is -0.134. The third kappa shape index (κ3) is 10.3. The highest BCUT2D eigenvalue weighted by Gasteiger charge is 2.60. The van der Waals surface area contributed by atoms with E-state index in [1.165, 1.54) is 0 Å². The maximum absolute atomic E-state index is 13.7. The molecule has 0 bridgehead atoms. The van der Waals surface area contributed by atoms with E-state index < -0.39 is 23.5 Å². The minimum atomic E-state index is -1.44. The van der Waals surface area contributed by atoms with Crippen LogP contribution in [-0.4, -0.2) is 81.3 Å². The van der Waals surface area contributed by atoms with Gasteiger partial charge in [-0.05, 0) is 80.6 Å². The maximum Gasteiger partial charge on any atom is 0.251 e. The van der Waals surface area contributed by atoms with Gasteiger partial charge in [0.15, 0.2) is 6.10 Å². The Kier molecular flexibility index (Phi) is 13.7. The van der Waals surface area contributed by atoms with Crippen LogP contribution in [0.3, 0.4) is 0 Å². The van der Waals surface area contributed by atoms with Crippen molar-refractivity contribution in [3.63, 3.8) is 0 Å². The highest BCUT2D eigenvalue weighted by atomic mass is 16.5. The summed E-state index contributed by atoms with van der Waals surface area (Å²) in [5, 5.41) is 19.5. The molecule has 254 valence electrons. The molecule has 3 rings (SSSR count). The summed E-state index contributed by atoms with van der Waals surface area (Å²) in [6.45, 7) is 7.90. The third-order valence-electron chi connectivity index (χ3n) is 8.69. The summed E-state index contributed by atoms with van der Waals surface area (Å²) in [4.78, 5) is 41.4. The number of hydrogen-bond acceptors (Lipinski definition) is 8. The molecule has 0 saturated heterocycles. The third-order valence-corrected chi connectivity index (χ3v) is 8.69. The van der Waals surface area contributed by atoms with Gasteiger partial charge in [0.2, 0.25) is 11.8 Å². The maximum atomic E-state index is 13.7. The molecule has 4 N–H and O–H groups in total. The largest absolute Gasteiger partial charge is 0.497 e. The smallest absolute Gasteiger partial charge is 0.251 e. The first-order chi connectivity index (χ1) is 21.9. The summed E-state index contributed by atoms with van der Waals surface area (Å²) in [7, 11) is 7.08. The van der Waals surface area contributed by atoms with Gasteiger partial charge in [-0.1, -0.05) is 32.9 Å². The van der Waals surface area contributed by atoms with Crippen molar-refractivity contribution >= 4 is 17.7 Å². The lowest BCUT2D eigenvalue weighted by atomic mass is 9.90. The van der Waals surface area contributed by atoms with Gasteiger partial charge in [-0.25, -0.2) is 0 Å². The van der Waals surface area contributed by atoms with Crippen molar-refractivity contribution in [1.82, 2.24) is 20.9 Å². The number of likely N-dealkylation sites (N-methyl/N-ethyl adjacent to an activating group) is 1. The standard InChI is InChI=1S/C35H52N4O7/c1-8-30(32(41)33(42)37-22-25-17-27(44-6)19-28(18-25)45-7)38-34(43)35(20-29(35)23(2)3)14-13-31(40)36-21-24-9-11-26(12-10-24)46-16-15-39(4)5/h9-12,17-19,23,29-30,32,41H,8,13-16,20-22H2,1-7H3,(H,36,40)(H,37,42)(H,38,43)/t29-,30?,32?,35?/m0/s1. The number of nitrogens with one attached hydrogen (secondary N) is 3. The molecule has 46 heavy (non-hydrogen) atoms. The quantitative estimate of drug-likeness (QED) is 0.184. The number of carbonyl (C=O) groups is 3. The average molecular weight is 641 g/mol. The number of carbonyl (C=O) groups excluding carboxylic acids is 3. The number of ether oxygens (including phenoxy) is 3. The summed E-state index contributed by atoms with van der Waals surface area (Å²) < 4.78 is 16.3. The number of aliphatic hydroxyl groups excluding tert-OH is 1. The van der Waals surface area contributed by atoms with E-state index in [9.17, 15) is 19.5 Å². The first-order valence-corrected chi connectivity index (χ1v) is 16.0. The van der Waals surface area contributed by atoms with Crippen LogP contribution in [0, 0.1) is 17.3 Å². The predicted molar refractivity (Wildman–Crippen MR) is 177 cm³/mol. The topological polar surface area (TPSA) is 138 Å². The molecule has 11 heteroatoms. The molecule has 1 aliphatic rings. The fourth-order valence-corrected chi connectivity index (χ4v) is 5.71. The van der Waals surface area contributed by atoms with Gasteiger partial charge in [-0.2, -0.15) is 0 Å². The summed E-state index contributed by atoms with van der Waals surface area (Å²) >= 11 is 0. The van der Waals surface area contributed by atoms with Crippen LogP contribution in [0.4, 0.5) is 0 Å². The molecule has 1 aliphatic carbocycles. The van der Waals surface area contributed by atoms with Crippen molar-refractivity contribution in [3.05, 3.63) is 53.6 Å². The van der Waals surface area contributed by atoms with Crippen LogP contribution in [0.1, 0.15) is 57.6 Å². The number of benzene rings is 2. The van der Waals surface area contributed by atoms with Crippen LogP contribution in [0.5, 0.6) is 17.2 Å². The lowest BCUT2D eigenvalue weighted by Gasteiger charge is -2.26. The summed E-state index contributed by atoms with van der Waals surface area (Å²) in [5.41, 5.74) is 0.985. The van der Waals surface area contributed by atoms with E-state index in [1.807, 2.05) is 45.3 Å². The van der Waals surface area contributed by atoms with E-state index in [4.69, 9.17) is 14.2 Å². The van der Waals surface area contributed by atoms with Gasteiger partial charge in [-0.15, -0.1) is 0 Å². The second-order valence-electron chi connectivity index (χ2n) is 12.7. The van der Waals surface area contributed by atoms with Gasteiger partial charge in [0, 0.05) is 32.1 Å². The van der Waals surface area contributed by atoms with Crippen LogP contribution < -0.4 is 30.2 Å². The molecule has 2 aromatic carbocycles. The zero-order valence-corrected chi connectivity index (χ0v) is 28.4. The van der Waals surface area contributed by atoms with E-state index in [1.54, 1.807) is 32.4 Å². The molecular weight excluding hydrogens is 588 g/mol. The number of aliphatic hydroxyl groups is 1. The van der Waals surface area contributed by atoms with Crippen LogP contribution >= 0.6 is 0 Å². The van der Waals surface area contributed by atoms with Crippen molar-refractivity contribution in [2.24, 2.45) is 17.3 Å². The Labute approximate surface area is 273 Å². The molecule has 1 fully saturated rings. The summed E-state index contributed by atoms with van der Waals surface area (Å²) in [5.74, 6) is 1.37. The zero-order valence-electron chi connectivity index (χ0n) is 28.4. The van der Waals surface area contributed by atoms with Gasteiger partial charge in [0.25, 0.3) is 5.91 Å². The van der Waals surface area contributed by atoms with Gasteiger partial charge in [0.1, 0.15) is 23.9 Å². The van der Waals surface area contributed by atoms with E-state index in [0.29, 0.717) is 43.9 Å². The number of nitrogens with zero attached hydrogens (tertiary/aromatic N) is 1. The van der Waals surface area contributed by atoms with E-state index in [2.05, 4.69) is 34.7 Å². The monoisotopic (exact) mass is 640 g/mol. The van der Waals surface area contributed by atoms with Gasteiger partial charge in [-0.3, -0.25) is 14.4 Å². The minimum Gasteiger partial charge on any atom is -0.497 e. The van der Waals surface area contributed by atoms with Crippen molar-refractivity contribution in [3.8, 4) is 17.2 Å². The van der Waals surface area contributed by atoms with Gasteiger partial charge in [0.05, 0.1) is 25.7 Å². The van der Waals surface area contributed by atoms with Gasteiger partial charge < -0.3 is 40.2 Å². The minimum absolute atomic E-state index is 0.117.